The first-order valence-electron chi connectivity index (χ1n) is 5.75. The summed E-state index contributed by atoms with van der Waals surface area (Å²) >= 11 is 0. The molecule has 17 heavy (non-hydrogen) atoms. The molecule has 0 aliphatic carbocycles. The van der Waals surface area contributed by atoms with Gasteiger partial charge < -0.3 is 15.4 Å². The first-order chi connectivity index (χ1) is 8.20. The average Bonchev–Trinajstić information content (AvgIpc) is 2.38. The number of aromatic nitrogens is 1. The number of nitrogens with zero attached hydrogens (tertiary/aromatic N) is 2. The molecule has 1 saturated heterocycles. The van der Waals surface area contributed by atoms with Crippen LogP contribution in [0.1, 0.15) is 23.2 Å². The minimum Gasteiger partial charge on any atom is -0.481 e. The van der Waals surface area contributed by atoms with Gasteiger partial charge in [0.05, 0.1) is 12.7 Å². The van der Waals surface area contributed by atoms with Crippen LogP contribution >= 0.6 is 0 Å². The Labute approximate surface area is 101 Å². The van der Waals surface area contributed by atoms with Gasteiger partial charge in [-0.1, -0.05) is 0 Å². The second-order valence-corrected chi connectivity index (χ2v) is 4.24. The van der Waals surface area contributed by atoms with Crippen LogP contribution in [0.4, 0.5) is 0 Å². The summed E-state index contributed by atoms with van der Waals surface area (Å²) in [6.07, 6.45) is 3.50. The number of hydrogen-bond acceptors (Lipinski definition) is 4. The Morgan fingerprint density at radius 2 is 2.41 bits per heavy atom. The van der Waals surface area contributed by atoms with Crippen LogP contribution in [0.15, 0.2) is 18.3 Å². The molecule has 2 heterocycles. The number of carbonyl (C=O) groups excluding carboxylic acids is 1. The van der Waals surface area contributed by atoms with E-state index in [1.165, 1.54) is 0 Å². The zero-order chi connectivity index (χ0) is 12.3. The van der Waals surface area contributed by atoms with Crippen LogP contribution in [0.5, 0.6) is 5.88 Å². The predicted molar refractivity (Wildman–Crippen MR) is 63.9 cm³/mol. The highest BCUT2D eigenvalue weighted by Gasteiger charge is 2.22. The third kappa shape index (κ3) is 2.74. The van der Waals surface area contributed by atoms with Gasteiger partial charge in [-0.25, -0.2) is 4.98 Å². The van der Waals surface area contributed by atoms with Crippen molar-refractivity contribution < 1.29 is 9.53 Å². The molecule has 0 unspecified atom stereocenters. The van der Waals surface area contributed by atoms with Gasteiger partial charge in [0.25, 0.3) is 5.91 Å². The molecule has 1 aromatic rings. The first-order valence-corrected chi connectivity index (χ1v) is 5.75. The summed E-state index contributed by atoms with van der Waals surface area (Å²) in [7, 11) is 1.55. The maximum atomic E-state index is 12.1. The summed E-state index contributed by atoms with van der Waals surface area (Å²) in [4.78, 5) is 18.0. The summed E-state index contributed by atoms with van der Waals surface area (Å²) < 4.78 is 4.96. The first kappa shape index (κ1) is 11.9. The van der Waals surface area contributed by atoms with Crippen LogP contribution in [0.2, 0.25) is 0 Å². The van der Waals surface area contributed by atoms with Gasteiger partial charge in [-0.3, -0.25) is 4.79 Å². The van der Waals surface area contributed by atoms with E-state index in [1.807, 2.05) is 0 Å². The van der Waals surface area contributed by atoms with Gasteiger partial charge in [0.2, 0.25) is 5.88 Å². The van der Waals surface area contributed by atoms with Crippen LogP contribution < -0.4 is 10.5 Å². The fourth-order valence-corrected chi connectivity index (χ4v) is 2.00. The second kappa shape index (κ2) is 5.14. The van der Waals surface area contributed by atoms with E-state index in [9.17, 15) is 4.79 Å². The maximum absolute atomic E-state index is 12.1. The van der Waals surface area contributed by atoms with Crippen LogP contribution in [-0.2, 0) is 0 Å². The Hall–Kier alpha value is -1.62. The third-order valence-electron chi connectivity index (χ3n) is 2.94. The number of nitrogens with two attached hydrogens (primary N) is 1. The Morgan fingerprint density at radius 1 is 1.59 bits per heavy atom. The highest BCUT2D eigenvalue weighted by Crippen LogP contribution is 2.13. The summed E-state index contributed by atoms with van der Waals surface area (Å²) in [6, 6.07) is 3.52. The molecule has 1 aliphatic rings. The molecule has 5 heteroatoms. The number of rotatable bonds is 2. The van der Waals surface area contributed by atoms with Crippen LogP contribution in [0, 0.1) is 0 Å². The molecule has 5 nitrogen and oxygen atoms in total. The van der Waals surface area contributed by atoms with E-state index in [0.29, 0.717) is 18.0 Å². The van der Waals surface area contributed by atoms with Crippen molar-refractivity contribution in [2.75, 3.05) is 20.2 Å². The molecule has 2 rings (SSSR count). The fourth-order valence-electron chi connectivity index (χ4n) is 2.00. The lowest BCUT2D eigenvalue weighted by molar-refractivity contribution is 0.0708. The minimum absolute atomic E-state index is 0.00435. The quantitative estimate of drug-likeness (QED) is 0.817. The van der Waals surface area contributed by atoms with Gasteiger partial charge >= 0.3 is 0 Å². The predicted octanol–water partition coefficient (Wildman–Crippen LogP) is 0.653. The maximum Gasteiger partial charge on any atom is 0.255 e. The van der Waals surface area contributed by atoms with Gasteiger partial charge in [0.15, 0.2) is 0 Å². The van der Waals surface area contributed by atoms with Gasteiger partial charge in [0, 0.05) is 31.4 Å². The summed E-state index contributed by atoms with van der Waals surface area (Å²) in [5.41, 5.74) is 6.44. The molecule has 0 spiro atoms. The standard InChI is InChI=1S/C12H17N3O2/c1-17-11-5-4-9(7-14-11)12(16)15-6-2-3-10(13)8-15/h4-5,7,10H,2-3,6,8,13H2,1H3/t10-/m1/s1. The zero-order valence-electron chi connectivity index (χ0n) is 9.93. The van der Waals surface area contributed by atoms with E-state index in [4.69, 9.17) is 10.5 Å². The molecule has 1 amide bonds. The Bertz CT molecular complexity index is 391. The second-order valence-electron chi connectivity index (χ2n) is 4.24. The number of pyridine rings is 1. The smallest absolute Gasteiger partial charge is 0.255 e. The molecule has 0 radical (unpaired) electrons. The van der Waals surface area contributed by atoms with Gasteiger partial charge in [-0.15, -0.1) is 0 Å². The Balaban J connectivity index is 2.07. The molecule has 1 aromatic heterocycles. The minimum atomic E-state index is -0.00435. The van der Waals surface area contributed by atoms with Crippen molar-refractivity contribution in [3.63, 3.8) is 0 Å². The van der Waals surface area contributed by atoms with E-state index in [2.05, 4.69) is 4.98 Å². The number of ether oxygens (including phenoxy) is 1. The number of piperidine rings is 1. The molecule has 0 saturated carbocycles. The largest absolute Gasteiger partial charge is 0.481 e. The number of hydrogen-bond donors (Lipinski definition) is 1. The number of likely N-dealkylation sites (tertiary alicyclic amines) is 1. The van der Waals surface area contributed by atoms with E-state index < -0.39 is 0 Å². The van der Waals surface area contributed by atoms with Crippen molar-refractivity contribution in [3.8, 4) is 5.88 Å². The molecular formula is C12H17N3O2. The normalized spacial score (nSPS) is 20.1. The van der Waals surface area contributed by atoms with Crippen molar-refractivity contribution in [1.29, 1.82) is 0 Å². The van der Waals surface area contributed by atoms with E-state index >= 15 is 0 Å². The van der Waals surface area contributed by atoms with Gasteiger partial charge in [-0.05, 0) is 18.9 Å². The molecule has 1 atom stereocenters. The topological polar surface area (TPSA) is 68.5 Å². The van der Waals surface area contributed by atoms with Crippen LogP contribution in [0.3, 0.4) is 0 Å². The highest BCUT2D eigenvalue weighted by molar-refractivity contribution is 5.94. The van der Waals surface area contributed by atoms with Crippen molar-refractivity contribution >= 4 is 5.91 Å². The average molecular weight is 235 g/mol. The lowest BCUT2D eigenvalue weighted by atomic mass is 10.1. The molecule has 0 bridgehead atoms. The molecule has 92 valence electrons. The number of methoxy groups -OCH3 is 1. The lowest BCUT2D eigenvalue weighted by Crippen LogP contribution is -2.45. The SMILES string of the molecule is COc1ccc(C(=O)N2CCC[C@@H](N)C2)cn1. The highest BCUT2D eigenvalue weighted by atomic mass is 16.5. The molecule has 0 aromatic carbocycles. The van der Waals surface area contributed by atoms with Crippen molar-refractivity contribution in [2.45, 2.75) is 18.9 Å². The van der Waals surface area contributed by atoms with E-state index in [0.717, 1.165) is 19.4 Å². The van der Waals surface area contributed by atoms with Crippen LogP contribution in [0.25, 0.3) is 0 Å². The molecule has 2 N–H and O–H groups in total. The van der Waals surface area contributed by atoms with Crippen molar-refractivity contribution in [2.24, 2.45) is 5.73 Å². The lowest BCUT2D eigenvalue weighted by Gasteiger charge is -2.30. The number of carbonyl (C=O) groups is 1. The van der Waals surface area contributed by atoms with Crippen molar-refractivity contribution in [3.05, 3.63) is 23.9 Å². The molecular weight excluding hydrogens is 218 g/mol. The third-order valence-corrected chi connectivity index (χ3v) is 2.94. The van der Waals surface area contributed by atoms with Crippen molar-refractivity contribution in [1.82, 2.24) is 9.88 Å². The fraction of sp³-hybridized carbons (Fsp3) is 0.500. The summed E-state index contributed by atoms with van der Waals surface area (Å²) in [5.74, 6) is 0.507. The zero-order valence-corrected chi connectivity index (χ0v) is 9.93. The van der Waals surface area contributed by atoms with Gasteiger partial charge in [-0.2, -0.15) is 0 Å². The molecule has 1 aliphatic heterocycles. The van der Waals surface area contributed by atoms with Crippen LogP contribution in [-0.4, -0.2) is 42.0 Å². The number of amides is 1. The van der Waals surface area contributed by atoms with Gasteiger partial charge in [0.1, 0.15) is 0 Å². The van der Waals surface area contributed by atoms with E-state index in [1.54, 1.807) is 30.3 Å². The Morgan fingerprint density at radius 3 is 3.00 bits per heavy atom. The summed E-state index contributed by atoms with van der Waals surface area (Å²) in [5, 5.41) is 0. The Kier molecular flexibility index (Phi) is 3.58. The summed E-state index contributed by atoms with van der Waals surface area (Å²) in [6.45, 7) is 1.41. The monoisotopic (exact) mass is 235 g/mol. The molecule has 1 fully saturated rings. The van der Waals surface area contributed by atoms with E-state index in [-0.39, 0.29) is 11.9 Å².